The molecule has 2 aliphatic rings. The van der Waals surface area contributed by atoms with Gasteiger partial charge in [-0.3, -0.25) is 4.79 Å². The molecule has 0 unspecified atom stereocenters. The Morgan fingerprint density at radius 3 is 2.45 bits per heavy atom. The van der Waals surface area contributed by atoms with Crippen molar-refractivity contribution in [2.75, 3.05) is 19.8 Å². The fourth-order valence-electron chi connectivity index (χ4n) is 3.18. The van der Waals surface area contributed by atoms with Gasteiger partial charge >= 0.3 is 0 Å². The lowest BCUT2D eigenvalue weighted by Crippen LogP contribution is -2.55. The molecule has 0 bridgehead atoms. The van der Waals surface area contributed by atoms with E-state index in [1.165, 1.54) is 19.3 Å². The Hall–Kier alpha value is -1.30. The third-order valence-electron chi connectivity index (χ3n) is 5.17. The van der Waals surface area contributed by atoms with E-state index in [2.05, 4.69) is 17.4 Å². The normalized spacial score (nSPS) is 24.8. The Morgan fingerprint density at radius 2 is 2.00 bits per heavy atom. The minimum Gasteiger partial charge on any atom is -0.409 e. The molecule has 1 amide bonds. The molecule has 1 saturated carbocycles. The third-order valence-corrected chi connectivity index (χ3v) is 5.17. The van der Waals surface area contributed by atoms with Crippen LogP contribution in [-0.2, 0) is 9.53 Å². The number of carbonyl (C=O) groups excluding carboxylic acids is 1. The van der Waals surface area contributed by atoms with E-state index in [4.69, 9.17) is 15.7 Å². The minimum absolute atomic E-state index is 0.00235. The van der Waals surface area contributed by atoms with Crippen molar-refractivity contribution >= 4 is 11.7 Å². The summed E-state index contributed by atoms with van der Waals surface area (Å²) in [4.78, 5) is 12.6. The van der Waals surface area contributed by atoms with Gasteiger partial charge < -0.3 is 21.0 Å². The van der Waals surface area contributed by atoms with Crippen LogP contribution in [0.1, 0.15) is 45.4 Å². The number of hydrogen-bond donors (Lipinski definition) is 3. The van der Waals surface area contributed by atoms with Crippen LogP contribution in [0.4, 0.5) is 0 Å². The van der Waals surface area contributed by atoms with Crippen molar-refractivity contribution in [3.8, 4) is 0 Å². The predicted molar refractivity (Wildman–Crippen MR) is 75.5 cm³/mol. The van der Waals surface area contributed by atoms with E-state index in [1.807, 2.05) is 0 Å². The number of nitrogens with one attached hydrogen (secondary N) is 1. The van der Waals surface area contributed by atoms with E-state index in [1.54, 1.807) is 0 Å². The number of nitrogens with zero attached hydrogens (tertiary/aromatic N) is 1. The lowest BCUT2D eigenvalue weighted by Gasteiger charge is -2.42. The first-order chi connectivity index (χ1) is 9.58. The first-order valence-electron chi connectivity index (χ1n) is 7.43. The highest BCUT2D eigenvalue weighted by Crippen LogP contribution is 2.43. The molecule has 2 fully saturated rings. The van der Waals surface area contributed by atoms with Crippen LogP contribution in [0.5, 0.6) is 0 Å². The van der Waals surface area contributed by atoms with E-state index in [0.717, 1.165) is 6.42 Å². The molecule has 1 saturated heterocycles. The van der Waals surface area contributed by atoms with Crippen LogP contribution >= 0.6 is 0 Å². The van der Waals surface area contributed by atoms with Gasteiger partial charge in [-0.25, -0.2) is 0 Å². The lowest BCUT2D eigenvalue weighted by atomic mass is 9.67. The number of amidine groups is 1. The molecule has 0 aromatic heterocycles. The largest absolute Gasteiger partial charge is 0.409 e. The van der Waals surface area contributed by atoms with Gasteiger partial charge in [0.05, 0.1) is 0 Å². The fraction of sp³-hybridized carbons (Fsp3) is 0.857. The summed E-state index contributed by atoms with van der Waals surface area (Å²) in [5.41, 5.74) is 5.13. The smallest absolute Gasteiger partial charge is 0.234 e. The van der Waals surface area contributed by atoms with E-state index in [-0.39, 0.29) is 17.2 Å². The highest BCUT2D eigenvalue weighted by molar-refractivity contribution is 6.06. The molecule has 1 aliphatic carbocycles. The summed E-state index contributed by atoms with van der Waals surface area (Å²) in [6.07, 6.45) is 5.59. The van der Waals surface area contributed by atoms with Crippen LogP contribution in [0.25, 0.3) is 0 Å². The van der Waals surface area contributed by atoms with Gasteiger partial charge in [-0.1, -0.05) is 18.5 Å². The highest BCUT2D eigenvalue weighted by Gasteiger charge is 2.45. The van der Waals surface area contributed by atoms with Crippen LogP contribution in [0, 0.1) is 10.8 Å². The van der Waals surface area contributed by atoms with Gasteiger partial charge in [0.1, 0.15) is 5.41 Å². The van der Waals surface area contributed by atoms with Gasteiger partial charge in [-0.2, -0.15) is 0 Å². The Bertz CT molecular complexity index is 380. The average molecular weight is 283 g/mol. The number of ether oxygens (including phenoxy) is 1. The van der Waals surface area contributed by atoms with Crippen molar-refractivity contribution in [2.45, 2.75) is 45.4 Å². The van der Waals surface area contributed by atoms with Crippen molar-refractivity contribution in [1.29, 1.82) is 0 Å². The molecule has 0 radical (unpaired) electrons. The molecule has 0 aromatic rings. The van der Waals surface area contributed by atoms with Crippen molar-refractivity contribution < 1.29 is 14.7 Å². The fourth-order valence-corrected chi connectivity index (χ4v) is 3.18. The second-order valence-corrected chi connectivity index (χ2v) is 6.07. The first-order valence-corrected chi connectivity index (χ1v) is 7.43. The number of hydrogen-bond acceptors (Lipinski definition) is 4. The topological polar surface area (TPSA) is 96.9 Å². The Kier molecular flexibility index (Phi) is 4.52. The summed E-state index contributed by atoms with van der Waals surface area (Å²) in [6, 6.07) is 0. The van der Waals surface area contributed by atoms with Gasteiger partial charge in [-0.05, 0) is 37.5 Å². The van der Waals surface area contributed by atoms with Gasteiger partial charge in [0, 0.05) is 19.8 Å². The maximum atomic E-state index is 12.6. The average Bonchev–Trinajstić information content (AvgIpc) is 2.46. The Morgan fingerprint density at radius 1 is 1.35 bits per heavy atom. The van der Waals surface area contributed by atoms with Crippen LogP contribution in [0.2, 0.25) is 0 Å². The molecule has 6 nitrogen and oxygen atoms in total. The van der Waals surface area contributed by atoms with E-state index >= 15 is 0 Å². The van der Waals surface area contributed by atoms with E-state index in [9.17, 15) is 4.79 Å². The molecule has 4 N–H and O–H groups in total. The summed E-state index contributed by atoms with van der Waals surface area (Å²) in [7, 11) is 0. The lowest BCUT2D eigenvalue weighted by molar-refractivity contribution is -0.132. The zero-order chi connectivity index (χ0) is 14.6. The molecule has 0 atom stereocenters. The molecular weight excluding hydrogens is 258 g/mol. The monoisotopic (exact) mass is 283 g/mol. The Labute approximate surface area is 119 Å². The van der Waals surface area contributed by atoms with Crippen LogP contribution in [0.15, 0.2) is 5.16 Å². The van der Waals surface area contributed by atoms with Crippen molar-refractivity contribution in [1.82, 2.24) is 5.32 Å². The second-order valence-electron chi connectivity index (χ2n) is 6.07. The van der Waals surface area contributed by atoms with Gasteiger partial charge in [0.25, 0.3) is 0 Å². The summed E-state index contributed by atoms with van der Waals surface area (Å²) >= 11 is 0. The molecular formula is C14H25N3O3. The van der Waals surface area contributed by atoms with Crippen molar-refractivity contribution in [2.24, 2.45) is 21.7 Å². The zero-order valence-corrected chi connectivity index (χ0v) is 12.2. The van der Waals surface area contributed by atoms with Crippen molar-refractivity contribution in [3.05, 3.63) is 0 Å². The molecule has 6 heteroatoms. The van der Waals surface area contributed by atoms with E-state index in [0.29, 0.717) is 32.6 Å². The highest BCUT2D eigenvalue weighted by atomic mass is 16.5. The van der Waals surface area contributed by atoms with Gasteiger partial charge in [0.15, 0.2) is 5.84 Å². The maximum Gasteiger partial charge on any atom is 0.234 e. The third kappa shape index (κ3) is 2.61. The second kappa shape index (κ2) is 5.99. The maximum absolute atomic E-state index is 12.6. The summed E-state index contributed by atoms with van der Waals surface area (Å²) in [6.45, 7) is 3.77. The number of rotatable bonds is 5. The standard InChI is InChI=1S/C14H25N3O3/c1-2-13(4-3-5-13)10-16-12(18)14(11(15)17-19)6-8-20-9-7-14/h19H,2-10H2,1H3,(H2,15,17)(H,16,18). The van der Waals surface area contributed by atoms with Crippen LogP contribution in [-0.4, -0.2) is 36.7 Å². The number of amides is 1. The molecule has 0 aromatic carbocycles. The summed E-state index contributed by atoms with van der Waals surface area (Å²) in [5.74, 6) is -0.131. The summed E-state index contributed by atoms with van der Waals surface area (Å²) in [5, 5.41) is 15.1. The van der Waals surface area contributed by atoms with Crippen molar-refractivity contribution in [3.63, 3.8) is 0 Å². The molecule has 2 rings (SSSR count). The van der Waals surface area contributed by atoms with E-state index < -0.39 is 5.41 Å². The Balaban J connectivity index is 2.03. The molecule has 1 aliphatic heterocycles. The quantitative estimate of drug-likeness (QED) is 0.306. The molecule has 0 spiro atoms. The number of nitrogens with two attached hydrogens (primary N) is 1. The number of carbonyl (C=O) groups is 1. The van der Waals surface area contributed by atoms with Crippen LogP contribution < -0.4 is 11.1 Å². The zero-order valence-electron chi connectivity index (χ0n) is 12.2. The predicted octanol–water partition coefficient (Wildman–Crippen LogP) is 1.23. The SMILES string of the molecule is CCC1(CNC(=O)C2(C(N)=NO)CCOCC2)CCC1. The number of oxime groups is 1. The molecule has 20 heavy (non-hydrogen) atoms. The van der Waals surface area contributed by atoms with Crippen LogP contribution in [0.3, 0.4) is 0 Å². The first kappa shape index (κ1) is 15.1. The van der Waals surface area contributed by atoms with Gasteiger partial charge in [0.2, 0.25) is 5.91 Å². The molecule has 114 valence electrons. The minimum atomic E-state index is -0.911. The summed E-state index contributed by atoms with van der Waals surface area (Å²) < 4.78 is 5.30. The molecule has 1 heterocycles. The van der Waals surface area contributed by atoms with Gasteiger partial charge in [-0.15, -0.1) is 0 Å².